The number of nitrogens with zero attached hydrogens (tertiary/aromatic N) is 1. The molecule has 2 atom stereocenters. The van der Waals surface area contributed by atoms with Crippen molar-refractivity contribution in [2.24, 2.45) is 0 Å². The Morgan fingerprint density at radius 3 is 2.62 bits per heavy atom. The molecule has 1 aliphatic carbocycles. The van der Waals surface area contributed by atoms with Gasteiger partial charge in [0.15, 0.2) is 0 Å². The Labute approximate surface area is 128 Å². The Morgan fingerprint density at radius 2 is 2.00 bits per heavy atom. The quantitative estimate of drug-likeness (QED) is 0.509. The number of nitro benzene ring substituents is 1. The van der Waals surface area contributed by atoms with E-state index in [1.165, 1.54) is 0 Å². The van der Waals surface area contributed by atoms with Crippen LogP contribution in [0.1, 0.15) is 36.0 Å². The molecule has 2 unspecified atom stereocenters. The van der Waals surface area contributed by atoms with Crippen LogP contribution in [0, 0.1) is 21.7 Å². The molecule has 0 saturated heterocycles. The Kier molecular flexibility index (Phi) is 4.87. The van der Waals surface area contributed by atoms with Gasteiger partial charge in [0.25, 0.3) is 5.91 Å². The van der Waals surface area contributed by atoms with Gasteiger partial charge in [0.05, 0.1) is 4.92 Å². The zero-order valence-electron chi connectivity index (χ0n) is 10.9. The smallest absolute Gasteiger partial charge is 0.305 e. The van der Waals surface area contributed by atoms with Crippen molar-refractivity contribution in [3.8, 4) is 0 Å². The number of alkyl halides is 1. The Hall–Kier alpha value is -1.57. The van der Waals surface area contributed by atoms with Gasteiger partial charge in [0.2, 0.25) is 5.82 Å². The molecule has 1 aromatic carbocycles. The third kappa shape index (κ3) is 3.37. The largest absolute Gasteiger partial charge is 0.348 e. The highest BCUT2D eigenvalue weighted by atomic mass is 79.9. The zero-order valence-corrected chi connectivity index (χ0v) is 12.5. The number of rotatable bonds is 3. The maximum Gasteiger partial charge on any atom is 0.305 e. The Bertz CT molecular complexity index is 583. The predicted octanol–water partition coefficient (Wildman–Crippen LogP) is 3.31. The molecular formula is C13H13BrF2N2O3. The fourth-order valence-electron chi connectivity index (χ4n) is 2.38. The van der Waals surface area contributed by atoms with Gasteiger partial charge in [0, 0.05) is 16.9 Å². The van der Waals surface area contributed by atoms with E-state index in [9.17, 15) is 23.7 Å². The van der Waals surface area contributed by atoms with Gasteiger partial charge in [-0.25, -0.2) is 4.39 Å². The second-order valence-electron chi connectivity index (χ2n) is 4.89. The number of amides is 1. The van der Waals surface area contributed by atoms with Gasteiger partial charge in [-0.1, -0.05) is 28.8 Å². The molecule has 1 aliphatic rings. The molecule has 0 spiro atoms. The van der Waals surface area contributed by atoms with E-state index < -0.39 is 33.7 Å². The van der Waals surface area contributed by atoms with Crippen molar-refractivity contribution in [3.05, 3.63) is 39.4 Å². The predicted molar refractivity (Wildman–Crippen MR) is 75.4 cm³/mol. The summed E-state index contributed by atoms with van der Waals surface area (Å²) in [5.74, 6) is -3.53. The Balaban J connectivity index is 2.26. The molecule has 0 heterocycles. The van der Waals surface area contributed by atoms with Crippen molar-refractivity contribution in [3.63, 3.8) is 0 Å². The molecule has 0 aromatic heterocycles. The van der Waals surface area contributed by atoms with Crippen molar-refractivity contribution in [1.82, 2.24) is 5.32 Å². The first kappa shape index (κ1) is 15.8. The number of hydrogen-bond acceptors (Lipinski definition) is 3. The molecule has 0 bridgehead atoms. The van der Waals surface area contributed by atoms with Crippen LogP contribution in [-0.2, 0) is 0 Å². The topological polar surface area (TPSA) is 72.2 Å². The van der Waals surface area contributed by atoms with E-state index in [4.69, 9.17) is 0 Å². The van der Waals surface area contributed by atoms with Crippen LogP contribution in [0.4, 0.5) is 14.5 Å². The van der Waals surface area contributed by atoms with E-state index in [1.54, 1.807) is 0 Å². The molecule has 5 nitrogen and oxygen atoms in total. The van der Waals surface area contributed by atoms with Gasteiger partial charge in [-0.15, -0.1) is 0 Å². The summed E-state index contributed by atoms with van der Waals surface area (Å²) >= 11 is 3.42. The maximum atomic E-state index is 13.9. The first-order chi connectivity index (χ1) is 9.91. The number of carbonyl (C=O) groups excluding carboxylic acids is 1. The number of hydrogen-bond donors (Lipinski definition) is 1. The van der Waals surface area contributed by atoms with Gasteiger partial charge in [-0.05, 0) is 18.9 Å². The minimum atomic E-state index is -1.44. The Morgan fingerprint density at radius 1 is 1.33 bits per heavy atom. The number of halogens is 3. The highest BCUT2D eigenvalue weighted by Gasteiger charge is 2.30. The molecule has 1 aromatic rings. The van der Waals surface area contributed by atoms with Crippen LogP contribution in [0.15, 0.2) is 12.1 Å². The fraction of sp³-hybridized carbons (Fsp3) is 0.462. The SMILES string of the molecule is O=C(NC1CCCCC1Br)c1c(F)ccc([N+](=O)[O-])c1F. The molecule has 0 aliphatic heterocycles. The van der Waals surface area contributed by atoms with E-state index in [2.05, 4.69) is 21.2 Å². The fourth-order valence-corrected chi connectivity index (χ4v) is 3.10. The van der Waals surface area contributed by atoms with E-state index in [-0.39, 0.29) is 10.9 Å². The lowest BCUT2D eigenvalue weighted by molar-refractivity contribution is -0.387. The summed E-state index contributed by atoms with van der Waals surface area (Å²) in [7, 11) is 0. The molecule has 1 N–H and O–H groups in total. The lowest BCUT2D eigenvalue weighted by Gasteiger charge is -2.28. The van der Waals surface area contributed by atoms with Gasteiger partial charge < -0.3 is 5.32 Å². The summed E-state index contributed by atoms with van der Waals surface area (Å²) in [4.78, 5) is 21.7. The molecule has 21 heavy (non-hydrogen) atoms. The van der Waals surface area contributed by atoms with Crippen molar-refractivity contribution in [1.29, 1.82) is 0 Å². The number of benzene rings is 1. The summed E-state index contributed by atoms with van der Waals surface area (Å²) in [5, 5.41) is 13.2. The van der Waals surface area contributed by atoms with Crippen LogP contribution >= 0.6 is 15.9 Å². The van der Waals surface area contributed by atoms with Crippen LogP contribution in [0.25, 0.3) is 0 Å². The van der Waals surface area contributed by atoms with Crippen LogP contribution < -0.4 is 5.32 Å². The van der Waals surface area contributed by atoms with Gasteiger partial charge in [-0.3, -0.25) is 14.9 Å². The first-order valence-electron chi connectivity index (χ1n) is 6.49. The van der Waals surface area contributed by atoms with Gasteiger partial charge >= 0.3 is 5.69 Å². The van der Waals surface area contributed by atoms with Crippen LogP contribution in [0.5, 0.6) is 0 Å². The van der Waals surface area contributed by atoms with Crippen LogP contribution in [0.3, 0.4) is 0 Å². The summed E-state index contributed by atoms with van der Waals surface area (Å²) in [6, 6.07) is 1.18. The van der Waals surface area contributed by atoms with Crippen molar-refractivity contribution in [2.45, 2.75) is 36.6 Å². The molecule has 8 heteroatoms. The van der Waals surface area contributed by atoms with Gasteiger partial charge in [0.1, 0.15) is 11.4 Å². The minimum absolute atomic E-state index is 0.0278. The average Bonchev–Trinajstić information content (AvgIpc) is 2.41. The van der Waals surface area contributed by atoms with Crippen molar-refractivity contribution < 1.29 is 18.5 Å². The molecular weight excluding hydrogens is 350 g/mol. The summed E-state index contributed by atoms with van der Waals surface area (Å²) in [5.41, 5.74) is -1.82. The van der Waals surface area contributed by atoms with Crippen molar-refractivity contribution >= 4 is 27.5 Å². The molecule has 114 valence electrons. The molecule has 1 amide bonds. The minimum Gasteiger partial charge on any atom is -0.348 e. The van der Waals surface area contributed by atoms with E-state index >= 15 is 0 Å². The zero-order chi connectivity index (χ0) is 15.6. The summed E-state index contributed by atoms with van der Waals surface area (Å²) in [6.07, 6.45) is 3.47. The number of nitro groups is 1. The standard InChI is InChI=1S/C13H13BrF2N2O3/c14-7-3-1-2-4-9(7)17-13(19)11-8(15)5-6-10(12(11)16)18(20)21/h5-7,9H,1-4H2,(H,17,19). The summed E-state index contributed by atoms with van der Waals surface area (Å²) < 4.78 is 27.6. The average molecular weight is 363 g/mol. The molecule has 2 rings (SSSR count). The highest BCUT2D eigenvalue weighted by Crippen LogP contribution is 2.26. The van der Waals surface area contributed by atoms with E-state index in [1.807, 2.05) is 0 Å². The number of nitrogens with one attached hydrogen (secondary N) is 1. The first-order valence-corrected chi connectivity index (χ1v) is 7.40. The molecule has 0 radical (unpaired) electrons. The van der Waals surface area contributed by atoms with E-state index in [0.29, 0.717) is 12.5 Å². The van der Waals surface area contributed by atoms with Crippen LogP contribution in [-0.4, -0.2) is 21.7 Å². The number of carbonyl (C=O) groups is 1. The lowest BCUT2D eigenvalue weighted by atomic mass is 9.95. The van der Waals surface area contributed by atoms with Gasteiger partial charge in [-0.2, -0.15) is 4.39 Å². The lowest BCUT2D eigenvalue weighted by Crippen LogP contribution is -2.43. The maximum absolute atomic E-state index is 13.9. The third-order valence-corrected chi connectivity index (χ3v) is 4.59. The van der Waals surface area contributed by atoms with Crippen molar-refractivity contribution in [2.75, 3.05) is 0 Å². The third-order valence-electron chi connectivity index (χ3n) is 3.49. The monoisotopic (exact) mass is 362 g/mol. The van der Waals surface area contributed by atoms with E-state index in [0.717, 1.165) is 25.3 Å². The normalized spacial score (nSPS) is 21.9. The second-order valence-corrected chi connectivity index (χ2v) is 6.07. The summed E-state index contributed by atoms with van der Waals surface area (Å²) in [6.45, 7) is 0. The second kappa shape index (κ2) is 6.46. The highest BCUT2D eigenvalue weighted by molar-refractivity contribution is 9.09. The molecule has 1 saturated carbocycles. The molecule has 1 fully saturated rings. The van der Waals surface area contributed by atoms with Crippen LogP contribution in [0.2, 0.25) is 0 Å².